The zero-order valence-corrected chi connectivity index (χ0v) is 22.5. The number of nitriles is 1. The van der Waals surface area contributed by atoms with E-state index in [1.807, 2.05) is 53.8 Å². The van der Waals surface area contributed by atoms with Crippen LogP contribution in [0.3, 0.4) is 0 Å². The van der Waals surface area contributed by atoms with Crippen LogP contribution in [0.1, 0.15) is 68.3 Å². The molecule has 3 N–H and O–H groups in total. The normalized spacial score (nSPS) is 19.5. The molecule has 8 heteroatoms. The lowest BCUT2D eigenvalue weighted by molar-refractivity contribution is -0.137. The molecule has 2 aromatic carbocycles. The van der Waals surface area contributed by atoms with E-state index < -0.39 is 11.0 Å². The van der Waals surface area contributed by atoms with Crippen molar-refractivity contribution in [3.05, 3.63) is 77.4 Å². The Bertz CT molecular complexity index is 1330. The first-order valence-corrected chi connectivity index (χ1v) is 13.3. The number of likely N-dealkylation sites (tertiary alicyclic amines) is 1. The Morgan fingerprint density at radius 2 is 2.05 bits per heavy atom. The first-order chi connectivity index (χ1) is 18.3. The Morgan fingerprint density at radius 3 is 2.74 bits per heavy atom. The van der Waals surface area contributed by atoms with Crippen molar-refractivity contribution in [3.63, 3.8) is 0 Å². The molecule has 38 heavy (non-hydrogen) atoms. The lowest BCUT2D eigenvalue weighted by Gasteiger charge is -2.35. The van der Waals surface area contributed by atoms with Gasteiger partial charge in [-0.2, -0.15) is 5.26 Å². The van der Waals surface area contributed by atoms with E-state index in [9.17, 15) is 15.2 Å². The van der Waals surface area contributed by atoms with E-state index >= 15 is 0 Å². The summed E-state index contributed by atoms with van der Waals surface area (Å²) in [5.41, 5.74) is 7.92. The van der Waals surface area contributed by atoms with Crippen molar-refractivity contribution in [1.82, 2.24) is 14.5 Å². The molecule has 2 heterocycles. The molecule has 0 spiro atoms. The van der Waals surface area contributed by atoms with Gasteiger partial charge in [-0.15, -0.1) is 0 Å². The molecule has 200 valence electrons. The summed E-state index contributed by atoms with van der Waals surface area (Å²) in [6.07, 6.45) is 7.27. The number of carbonyl (C=O) groups is 1. The number of amides is 1. The Hall–Kier alpha value is -3.67. The van der Waals surface area contributed by atoms with E-state index in [1.54, 1.807) is 24.7 Å². The van der Waals surface area contributed by atoms with Gasteiger partial charge in [0, 0.05) is 32.3 Å². The highest BCUT2D eigenvalue weighted by Crippen LogP contribution is 2.41. The summed E-state index contributed by atoms with van der Waals surface area (Å²) in [6.45, 7) is 5.25. The lowest BCUT2D eigenvalue weighted by atomic mass is 9.73. The Morgan fingerprint density at radius 1 is 1.26 bits per heavy atom. The maximum absolute atomic E-state index is 13.9. The molecule has 1 aromatic heterocycles. The molecule has 2 atom stereocenters. The van der Waals surface area contributed by atoms with Gasteiger partial charge >= 0.3 is 0 Å². The van der Waals surface area contributed by atoms with E-state index in [0.29, 0.717) is 48.6 Å². The standard InChI is InChI=1S/C30H37N5O3/c1-4-30(14-5-6-15-35(28(30)37)16-9-17-36)23-11-8-12-24(18-23)38-27-22(19-31)10-7-13-25(27)29(2,32)26-20-33-21-34(26)3/h7-8,10-13,18,20-21,36H,4-6,9,14-17,32H2,1-3H3. The molecular weight excluding hydrogens is 478 g/mol. The van der Waals surface area contributed by atoms with Crippen LogP contribution in [0, 0.1) is 11.3 Å². The molecule has 0 bridgehead atoms. The van der Waals surface area contributed by atoms with Crippen LogP contribution in [0.25, 0.3) is 0 Å². The van der Waals surface area contributed by atoms with Gasteiger partial charge in [-0.1, -0.05) is 37.6 Å². The van der Waals surface area contributed by atoms with Crippen LogP contribution >= 0.6 is 0 Å². The second kappa shape index (κ2) is 11.4. The number of aryl methyl sites for hydroxylation is 1. The fourth-order valence-corrected chi connectivity index (χ4v) is 5.63. The van der Waals surface area contributed by atoms with Crippen molar-refractivity contribution < 1.29 is 14.6 Å². The van der Waals surface area contributed by atoms with Crippen molar-refractivity contribution in [1.29, 1.82) is 5.26 Å². The molecule has 1 aliphatic heterocycles. The van der Waals surface area contributed by atoms with Gasteiger partial charge in [0.05, 0.1) is 34.7 Å². The summed E-state index contributed by atoms with van der Waals surface area (Å²) >= 11 is 0. The zero-order valence-electron chi connectivity index (χ0n) is 22.5. The number of aliphatic hydroxyl groups excluding tert-OH is 1. The van der Waals surface area contributed by atoms with E-state index in [1.165, 1.54) is 0 Å². The van der Waals surface area contributed by atoms with Crippen molar-refractivity contribution in [2.45, 2.75) is 56.9 Å². The van der Waals surface area contributed by atoms with Crippen LogP contribution < -0.4 is 10.5 Å². The van der Waals surface area contributed by atoms with Crippen molar-refractivity contribution in [2.24, 2.45) is 12.8 Å². The van der Waals surface area contributed by atoms with Gasteiger partial charge in [0.25, 0.3) is 0 Å². The van der Waals surface area contributed by atoms with Gasteiger partial charge in [0.1, 0.15) is 11.8 Å². The molecule has 1 fully saturated rings. The fraction of sp³-hybridized carbons (Fsp3) is 0.433. The van der Waals surface area contributed by atoms with Gasteiger partial charge in [0.2, 0.25) is 5.91 Å². The summed E-state index contributed by atoms with van der Waals surface area (Å²) in [5, 5.41) is 19.3. The maximum Gasteiger partial charge on any atom is 0.233 e. The Kier molecular flexibility index (Phi) is 8.20. The third kappa shape index (κ3) is 5.04. The summed E-state index contributed by atoms with van der Waals surface area (Å²) in [5.74, 6) is 1.03. The number of para-hydroxylation sites is 1. The van der Waals surface area contributed by atoms with Gasteiger partial charge in [-0.05, 0) is 56.4 Å². The number of rotatable bonds is 9. The van der Waals surface area contributed by atoms with E-state index in [4.69, 9.17) is 10.5 Å². The van der Waals surface area contributed by atoms with E-state index in [0.717, 1.165) is 30.5 Å². The van der Waals surface area contributed by atoms with Gasteiger partial charge in [-0.3, -0.25) is 4.79 Å². The number of hydrogen-bond acceptors (Lipinski definition) is 6. The van der Waals surface area contributed by atoms with Gasteiger partial charge in [-0.25, -0.2) is 4.98 Å². The quantitative estimate of drug-likeness (QED) is 0.438. The van der Waals surface area contributed by atoms with Crippen LogP contribution in [-0.4, -0.2) is 45.2 Å². The van der Waals surface area contributed by atoms with Crippen LogP contribution in [0.5, 0.6) is 11.5 Å². The second-order valence-corrected chi connectivity index (χ2v) is 10.3. The number of nitrogens with zero attached hydrogens (tertiary/aromatic N) is 4. The van der Waals surface area contributed by atoms with Crippen LogP contribution in [0.15, 0.2) is 55.0 Å². The monoisotopic (exact) mass is 515 g/mol. The Labute approximate surface area is 224 Å². The highest BCUT2D eigenvalue weighted by atomic mass is 16.5. The largest absolute Gasteiger partial charge is 0.456 e. The van der Waals surface area contributed by atoms with Crippen LogP contribution in [-0.2, 0) is 22.8 Å². The SMILES string of the molecule is CCC1(c2cccc(Oc3c(C#N)cccc3C(C)(N)c3cncn3C)c2)CCCCN(CCCO)C1=O. The molecule has 0 radical (unpaired) electrons. The number of carbonyl (C=O) groups excluding carboxylic acids is 1. The van der Waals surface area contributed by atoms with Crippen molar-refractivity contribution in [2.75, 3.05) is 19.7 Å². The van der Waals surface area contributed by atoms with Crippen molar-refractivity contribution in [3.8, 4) is 17.6 Å². The van der Waals surface area contributed by atoms with E-state index in [-0.39, 0.29) is 12.5 Å². The first-order valence-electron chi connectivity index (χ1n) is 13.3. The molecule has 8 nitrogen and oxygen atoms in total. The molecule has 1 saturated heterocycles. The second-order valence-electron chi connectivity index (χ2n) is 10.3. The van der Waals surface area contributed by atoms with Gasteiger partial charge < -0.3 is 25.0 Å². The van der Waals surface area contributed by atoms with Crippen molar-refractivity contribution >= 4 is 5.91 Å². The van der Waals surface area contributed by atoms with Gasteiger partial charge in [0.15, 0.2) is 5.75 Å². The topological polar surface area (TPSA) is 117 Å². The molecule has 0 saturated carbocycles. The number of imidazole rings is 1. The average Bonchev–Trinajstić information content (AvgIpc) is 3.30. The smallest absolute Gasteiger partial charge is 0.233 e. The summed E-state index contributed by atoms with van der Waals surface area (Å²) < 4.78 is 8.30. The summed E-state index contributed by atoms with van der Waals surface area (Å²) in [6, 6.07) is 15.3. The zero-order chi connectivity index (χ0) is 27.3. The summed E-state index contributed by atoms with van der Waals surface area (Å²) in [7, 11) is 1.88. The predicted octanol–water partition coefficient (Wildman–Crippen LogP) is 4.35. The molecule has 1 amide bonds. The molecule has 0 aliphatic carbocycles. The molecule has 1 aliphatic rings. The minimum atomic E-state index is -0.972. The minimum Gasteiger partial charge on any atom is -0.456 e. The number of nitrogens with two attached hydrogens (primary N) is 1. The highest BCUT2D eigenvalue weighted by Gasteiger charge is 2.42. The molecular formula is C30H37N5O3. The number of benzene rings is 2. The third-order valence-electron chi connectivity index (χ3n) is 7.82. The number of aliphatic hydroxyl groups is 1. The number of hydrogen-bond donors (Lipinski definition) is 2. The minimum absolute atomic E-state index is 0.0613. The fourth-order valence-electron chi connectivity index (χ4n) is 5.63. The third-order valence-corrected chi connectivity index (χ3v) is 7.82. The van der Waals surface area contributed by atoms with Crippen LogP contribution in [0.4, 0.5) is 0 Å². The van der Waals surface area contributed by atoms with Crippen LogP contribution in [0.2, 0.25) is 0 Å². The predicted molar refractivity (Wildman–Crippen MR) is 146 cm³/mol. The summed E-state index contributed by atoms with van der Waals surface area (Å²) in [4.78, 5) is 20.0. The molecule has 4 rings (SSSR count). The lowest BCUT2D eigenvalue weighted by Crippen LogP contribution is -2.45. The number of ether oxygens (including phenoxy) is 1. The maximum atomic E-state index is 13.9. The molecule has 3 aromatic rings. The molecule has 2 unspecified atom stereocenters. The average molecular weight is 516 g/mol. The highest BCUT2D eigenvalue weighted by molar-refractivity contribution is 5.88. The Balaban J connectivity index is 1.75. The van der Waals surface area contributed by atoms with E-state index in [2.05, 4.69) is 18.0 Å². The first kappa shape index (κ1) is 27.4. The number of aromatic nitrogens is 2.